The van der Waals surface area contributed by atoms with Gasteiger partial charge in [-0.05, 0) is 26.3 Å². The zero-order valence-corrected chi connectivity index (χ0v) is 15.6. The summed E-state index contributed by atoms with van der Waals surface area (Å²) in [6.07, 6.45) is 0. The van der Waals surface area contributed by atoms with Crippen LogP contribution in [0.15, 0.2) is 0 Å². The Hall–Kier alpha value is -2.26. The Morgan fingerprint density at radius 3 is 2.52 bits per heavy atom. The number of hydrogen-bond acceptors (Lipinski definition) is 7. The van der Waals surface area contributed by atoms with Crippen LogP contribution in [0.4, 0.5) is 0 Å². The standard InChI is InChI=1S/C16H21N3O5S/c1-8-10-13(24-5)18-9(6-23-4)19-14(10)25-11(8)12(20)17-7-16(2,3)15(21)22/h6-7H2,1-5H3,(H,17,20)(H,21,22). The van der Waals surface area contributed by atoms with Crippen LogP contribution in [0.1, 0.15) is 34.9 Å². The quantitative estimate of drug-likeness (QED) is 0.770. The van der Waals surface area contributed by atoms with Crippen LogP contribution in [0.2, 0.25) is 0 Å². The molecule has 0 aromatic carbocycles. The molecule has 0 aliphatic rings. The highest BCUT2D eigenvalue weighted by molar-refractivity contribution is 7.20. The van der Waals surface area contributed by atoms with Crippen LogP contribution in [0.5, 0.6) is 5.88 Å². The van der Waals surface area contributed by atoms with E-state index >= 15 is 0 Å². The lowest BCUT2D eigenvalue weighted by molar-refractivity contribution is -0.146. The third-order valence-corrected chi connectivity index (χ3v) is 4.93. The maximum atomic E-state index is 12.5. The van der Waals surface area contributed by atoms with Gasteiger partial charge in [0.2, 0.25) is 5.88 Å². The summed E-state index contributed by atoms with van der Waals surface area (Å²) in [4.78, 5) is 33.4. The first-order valence-electron chi connectivity index (χ1n) is 7.55. The molecule has 0 aliphatic carbocycles. The number of ether oxygens (including phenoxy) is 2. The molecule has 0 atom stereocenters. The van der Waals surface area contributed by atoms with E-state index in [2.05, 4.69) is 15.3 Å². The summed E-state index contributed by atoms with van der Waals surface area (Å²) in [6, 6.07) is 0. The molecule has 0 radical (unpaired) electrons. The van der Waals surface area contributed by atoms with Gasteiger partial charge in [0.05, 0.1) is 22.8 Å². The molecule has 0 bridgehead atoms. The smallest absolute Gasteiger partial charge is 0.310 e. The van der Waals surface area contributed by atoms with Crippen molar-refractivity contribution >= 4 is 33.4 Å². The third-order valence-electron chi connectivity index (χ3n) is 3.75. The monoisotopic (exact) mass is 367 g/mol. The summed E-state index contributed by atoms with van der Waals surface area (Å²) in [6.45, 7) is 5.15. The molecule has 8 nitrogen and oxygen atoms in total. The topological polar surface area (TPSA) is 111 Å². The summed E-state index contributed by atoms with van der Waals surface area (Å²) < 4.78 is 10.4. The Labute approximate surface area is 149 Å². The molecule has 2 rings (SSSR count). The molecule has 136 valence electrons. The Bertz CT molecular complexity index is 816. The molecule has 0 aliphatic heterocycles. The van der Waals surface area contributed by atoms with E-state index in [1.165, 1.54) is 18.4 Å². The minimum Gasteiger partial charge on any atom is -0.481 e. The van der Waals surface area contributed by atoms with Gasteiger partial charge in [0.25, 0.3) is 5.91 Å². The van der Waals surface area contributed by atoms with Crippen molar-refractivity contribution in [2.24, 2.45) is 5.41 Å². The molecule has 2 aromatic heterocycles. The Kier molecular flexibility index (Phi) is 5.58. The zero-order chi connectivity index (χ0) is 18.8. The zero-order valence-electron chi connectivity index (χ0n) is 14.8. The summed E-state index contributed by atoms with van der Waals surface area (Å²) in [5, 5.41) is 12.5. The van der Waals surface area contributed by atoms with Crippen molar-refractivity contribution in [2.45, 2.75) is 27.4 Å². The molecular weight excluding hydrogens is 346 g/mol. The summed E-state index contributed by atoms with van der Waals surface area (Å²) >= 11 is 1.21. The van der Waals surface area contributed by atoms with Gasteiger partial charge in [-0.25, -0.2) is 4.98 Å². The highest BCUT2D eigenvalue weighted by atomic mass is 32.1. The number of hydrogen-bond donors (Lipinski definition) is 2. The summed E-state index contributed by atoms with van der Waals surface area (Å²) in [5.41, 5.74) is -0.352. The molecule has 25 heavy (non-hydrogen) atoms. The average Bonchev–Trinajstić information content (AvgIpc) is 2.89. The number of fused-ring (bicyclic) bond motifs is 1. The fourth-order valence-electron chi connectivity index (χ4n) is 2.16. The number of aliphatic carboxylic acids is 1. The van der Waals surface area contributed by atoms with Gasteiger partial charge in [-0.1, -0.05) is 0 Å². The second-order valence-electron chi connectivity index (χ2n) is 6.19. The maximum absolute atomic E-state index is 12.5. The number of carboxylic acid groups (broad SMARTS) is 1. The minimum atomic E-state index is -1.05. The molecule has 0 unspecified atom stereocenters. The number of carbonyl (C=O) groups excluding carboxylic acids is 1. The molecule has 2 heterocycles. The molecule has 2 N–H and O–H groups in total. The number of aromatic nitrogens is 2. The van der Waals surface area contributed by atoms with Gasteiger partial charge in [-0.2, -0.15) is 4.98 Å². The highest BCUT2D eigenvalue weighted by Crippen LogP contribution is 2.35. The van der Waals surface area contributed by atoms with Crippen molar-refractivity contribution in [3.63, 3.8) is 0 Å². The Balaban J connectivity index is 2.37. The lowest BCUT2D eigenvalue weighted by Gasteiger charge is -2.19. The Morgan fingerprint density at radius 2 is 1.96 bits per heavy atom. The first-order chi connectivity index (χ1) is 11.7. The van der Waals surface area contributed by atoms with Crippen LogP contribution in [0.3, 0.4) is 0 Å². The largest absolute Gasteiger partial charge is 0.481 e. The van der Waals surface area contributed by atoms with Crippen molar-refractivity contribution < 1.29 is 24.2 Å². The summed E-state index contributed by atoms with van der Waals surface area (Å²) in [5.74, 6) is -0.467. The lowest BCUT2D eigenvalue weighted by Crippen LogP contribution is -2.38. The van der Waals surface area contributed by atoms with Crippen molar-refractivity contribution in [1.29, 1.82) is 0 Å². The average molecular weight is 367 g/mol. The second-order valence-corrected chi connectivity index (χ2v) is 7.19. The van der Waals surface area contributed by atoms with E-state index in [4.69, 9.17) is 14.6 Å². The molecule has 9 heteroatoms. The Morgan fingerprint density at radius 1 is 1.28 bits per heavy atom. The number of amides is 1. The van der Waals surface area contributed by atoms with Gasteiger partial charge in [0.15, 0.2) is 5.82 Å². The predicted molar refractivity (Wildman–Crippen MR) is 93.2 cm³/mol. The molecule has 0 saturated carbocycles. The van der Waals surface area contributed by atoms with Crippen molar-refractivity contribution in [3.05, 3.63) is 16.3 Å². The third kappa shape index (κ3) is 3.88. The van der Waals surface area contributed by atoms with E-state index in [1.807, 2.05) is 0 Å². The van der Waals surface area contributed by atoms with Gasteiger partial charge in [-0.3, -0.25) is 9.59 Å². The second kappa shape index (κ2) is 7.32. The van der Waals surface area contributed by atoms with Gasteiger partial charge in [0, 0.05) is 13.7 Å². The number of nitrogens with one attached hydrogen (secondary N) is 1. The van der Waals surface area contributed by atoms with E-state index in [1.54, 1.807) is 27.9 Å². The molecular formula is C16H21N3O5S. The van der Waals surface area contributed by atoms with Crippen molar-refractivity contribution in [2.75, 3.05) is 20.8 Å². The van der Waals surface area contributed by atoms with E-state index in [0.717, 1.165) is 0 Å². The number of methoxy groups -OCH3 is 2. The molecule has 2 aromatic rings. The van der Waals surface area contributed by atoms with Gasteiger partial charge in [-0.15, -0.1) is 11.3 Å². The minimum absolute atomic E-state index is 0.0204. The van der Waals surface area contributed by atoms with E-state index < -0.39 is 11.4 Å². The number of thiophene rings is 1. The van der Waals surface area contributed by atoms with Crippen molar-refractivity contribution in [1.82, 2.24) is 15.3 Å². The molecule has 0 spiro atoms. The summed E-state index contributed by atoms with van der Waals surface area (Å²) in [7, 11) is 3.05. The van der Waals surface area contributed by atoms with Gasteiger partial charge < -0.3 is 19.9 Å². The van der Waals surface area contributed by atoms with Crippen LogP contribution >= 0.6 is 11.3 Å². The number of carbonyl (C=O) groups is 2. The van der Waals surface area contributed by atoms with Gasteiger partial charge in [0.1, 0.15) is 11.4 Å². The van der Waals surface area contributed by atoms with Crippen LogP contribution in [-0.4, -0.2) is 47.7 Å². The number of aryl methyl sites for hydroxylation is 1. The molecule has 0 fully saturated rings. The molecule has 1 amide bonds. The highest BCUT2D eigenvalue weighted by Gasteiger charge is 2.29. The number of rotatable bonds is 7. The van der Waals surface area contributed by atoms with E-state index in [9.17, 15) is 9.59 Å². The number of nitrogens with zero attached hydrogens (tertiary/aromatic N) is 2. The SMILES string of the molecule is COCc1nc(OC)c2c(C)c(C(=O)NCC(C)(C)C(=O)O)sc2n1. The maximum Gasteiger partial charge on any atom is 0.310 e. The first kappa shape index (κ1) is 19.1. The normalized spacial score (nSPS) is 11.6. The fourth-order valence-corrected chi connectivity index (χ4v) is 3.27. The lowest BCUT2D eigenvalue weighted by atomic mass is 9.94. The fraction of sp³-hybridized carbons (Fsp3) is 0.500. The van der Waals surface area contributed by atoms with Crippen LogP contribution < -0.4 is 10.1 Å². The predicted octanol–water partition coefficient (Wildman–Crippen LogP) is 2.00. The first-order valence-corrected chi connectivity index (χ1v) is 8.37. The van der Waals surface area contributed by atoms with Crippen LogP contribution in [-0.2, 0) is 16.1 Å². The van der Waals surface area contributed by atoms with Gasteiger partial charge >= 0.3 is 5.97 Å². The van der Waals surface area contributed by atoms with E-state index in [-0.39, 0.29) is 19.1 Å². The van der Waals surface area contributed by atoms with Crippen LogP contribution in [0.25, 0.3) is 10.2 Å². The van der Waals surface area contributed by atoms with E-state index in [0.29, 0.717) is 32.4 Å². The molecule has 0 saturated heterocycles. The van der Waals surface area contributed by atoms with Crippen LogP contribution in [0, 0.1) is 12.3 Å². The number of carboxylic acids is 1. The van der Waals surface area contributed by atoms with Crippen molar-refractivity contribution in [3.8, 4) is 5.88 Å².